The molecular weight excluding hydrogens is 346 g/mol. The van der Waals surface area contributed by atoms with Crippen molar-refractivity contribution in [3.05, 3.63) is 59.7 Å². The van der Waals surface area contributed by atoms with Crippen LogP contribution >= 0.6 is 0 Å². The third kappa shape index (κ3) is 3.10. The van der Waals surface area contributed by atoms with Gasteiger partial charge in [-0.05, 0) is 49.9 Å². The molecule has 0 bridgehead atoms. The highest BCUT2D eigenvalue weighted by Gasteiger charge is 2.58. The first-order valence-corrected chi connectivity index (χ1v) is 9.04. The lowest BCUT2D eigenvalue weighted by atomic mass is 9.87. The van der Waals surface area contributed by atoms with Gasteiger partial charge in [-0.1, -0.05) is 36.4 Å². The Labute approximate surface area is 158 Å². The van der Waals surface area contributed by atoms with Crippen molar-refractivity contribution in [2.45, 2.75) is 44.6 Å². The van der Waals surface area contributed by atoms with Gasteiger partial charge in [0.2, 0.25) is 6.79 Å². The Kier molecular flexibility index (Phi) is 4.23. The smallest absolute Gasteiger partial charge is 0.413 e. The van der Waals surface area contributed by atoms with Crippen LogP contribution in [0.5, 0.6) is 11.5 Å². The molecule has 0 aromatic heterocycles. The van der Waals surface area contributed by atoms with E-state index in [0.717, 1.165) is 22.6 Å². The Bertz CT molecular complexity index is 851. The fraction of sp³-hybridized carbons (Fsp3) is 0.381. The van der Waals surface area contributed by atoms with Gasteiger partial charge in [-0.15, -0.1) is 0 Å². The van der Waals surface area contributed by atoms with Crippen molar-refractivity contribution < 1.29 is 24.1 Å². The van der Waals surface area contributed by atoms with Crippen LogP contribution in [0.15, 0.2) is 48.5 Å². The SMILES string of the molecule is CC1(CCc2ccc3c(c2)OCO3)OC(=O)N(Cc2ccccc2)C1(C)O. The summed E-state index contributed by atoms with van der Waals surface area (Å²) in [5.41, 5.74) is -0.463. The lowest BCUT2D eigenvalue weighted by Gasteiger charge is -2.37. The zero-order valence-electron chi connectivity index (χ0n) is 15.5. The maximum Gasteiger partial charge on any atom is 0.413 e. The van der Waals surface area contributed by atoms with E-state index in [1.807, 2.05) is 48.5 Å². The molecular formula is C21H23NO5. The average Bonchev–Trinajstić information content (AvgIpc) is 3.18. The molecule has 2 aromatic rings. The number of aliphatic hydroxyl groups is 1. The molecule has 6 heteroatoms. The molecule has 0 spiro atoms. The molecule has 0 radical (unpaired) electrons. The standard InChI is InChI=1S/C21H23NO5/c1-20(11-10-15-8-9-17-18(12-15)26-14-25-17)21(2,24)22(19(23)27-20)13-16-6-4-3-5-7-16/h3-9,12,24H,10-11,13-14H2,1-2H3. The first kappa shape index (κ1) is 17.7. The number of hydrogen-bond donors (Lipinski definition) is 1. The number of rotatable bonds is 5. The minimum absolute atomic E-state index is 0.233. The molecule has 2 unspecified atom stereocenters. The van der Waals surface area contributed by atoms with E-state index >= 15 is 0 Å². The summed E-state index contributed by atoms with van der Waals surface area (Å²) in [5.74, 6) is 1.46. The number of aryl methyl sites for hydroxylation is 1. The van der Waals surface area contributed by atoms with Gasteiger partial charge in [0.1, 0.15) is 0 Å². The largest absolute Gasteiger partial charge is 0.454 e. The van der Waals surface area contributed by atoms with Crippen molar-refractivity contribution in [3.8, 4) is 11.5 Å². The number of amides is 1. The minimum Gasteiger partial charge on any atom is -0.454 e. The van der Waals surface area contributed by atoms with Crippen molar-refractivity contribution in [1.82, 2.24) is 4.90 Å². The second kappa shape index (κ2) is 6.46. The Morgan fingerprint density at radius 2 is 1.78 bits per heavy atom. The third-order valence-electron chi connectivity index (χ3n) is 5.57. The van der Waals surface area contributed by atoms with E-state index in [2.05, 4.69) is 0 Å². The molecule has 2 atom stereocenters. The van der Waals surface area contributed by atoms with Gasteiger partial charge in [-0.2, -0.15) is 0 Å². The number of benzene rings is 2. The van der Waals surface area contributed by atoms with Crippen LogP contribution in [-0.2, 0) is 17.7 Å². The number of hydrogen-bond acceptors (Lipinski definition) is 5. The van der Waals surface area contributed by atoms with Gasteiger partial charge in [0, 0.05) is 0 Å². The van der Waals surface area contributed by atoms with E-state index in [0.29, 0.717) is 19.4 Å². The van der Waals surface area contributed by atoms with E-state index in [4.69, 9.17) is 14.2 Å². The zero-order valence-corrected chi connectivity index (χ0v) is 15.5. The molecule has 1 saturated heterocycles. The first-order chi connectivity index (χ1) is 12.9. The van der Waals surface area contributed by atoms with Gasteiger partial charge in [-0.3, -0.25) is 4.90 Å². The summed E-state index contributed by atoms with van der Waals surface area (Å²) >= 11 is 0. The normalized spacial score (nSPS) is 26.3. The number of cyclic esters (lactones) is 1. The molecule has 0 saturated carbocycles. The Balaban J connectivity index is 1.49. The number of carbonyl (C=O) groups excluding carboxylic acids is 1. The molecule has 0 aliphatic carbocycles. The lowest BCUT2D eigenvalue weighted by molar-refractivity contribution is -0.141. The van der Waals surface area contributed by atoms with Crippen LogP contribution < -0.4 is 9.47 Å². The van der Waals surface area contributed by atoms with Gasteiger partial charge in [-0.25, -0.2) is 4.79 Å². The summed E-state index contributed by atoms with van der Waals surface area (Å²) in [6.07, 6.45) is 0.615. The molecule has 1 amide bonds. The molecule has 2 aromatic carbocycles. The predicted octanol–water partition coefficient (Wildman–Crippen LogP) is 3.47. The van der Waals surface area contributed by atoms with Gasteiger partial charge in [0.15, 0.2) is 22.8 Å². The van der Waals surface area contributed by atoms with Gasteiger partial charge >= 0.3 is 6.09 Å². The van der Waals surface area contributed by atoms with Crippen molar-refractivity contribution in [1.29, 1.82) is 0 Å². The van der Waals surface area contributed by atoms with Crippen LogP contribution in [0.2, 0.25) is 0 Å². The highest BCUT2D eigenvalue weighted by molar-refractivity contribution is 5.72. The van der Waals surface area contributed by atoms with Crippen molar-refractivity contribution >= 4 is 6.09 Å². The molecule has 1 N–H and O–H groups in total. The topological polar surface area (TPSA) is 68.2 Å². The average molecular weight is 369 g/mol. The summed E-state index contributed by atoms with van der Waals surface area (Å²) < 4.78 is 16.4. The predicted molar refractivity (Wildman–Crippen MR) is 98.4 cm³/mol. The van der Waals surface area contributed by atoms with Crippen LogP contribution in [0.4, 0.5) is 4.79 Å². The summed E-state index contributed by atoms with van der Waals surface area (Å²) in [4.78, 5) is 13.9. The van der Waals surface area contributed by atoms with Crippen LogP contribution in [-0.4, -0.2) is 34.2 Å². The molecule has 1 fully saturated rings. The number of carbonyl (C=O) groups is 1. The van der Waals surface area contributed by atoms with Crippen LogP contribution in [0.3, 0.4) is 0 Å². The van der Waals surface area contributed by atoms with Crippen molar-refractivity contribution in [2.75, 3.05) is 6.79 Å². The second-order valence-corrected chi connectivity index (χ2v) is 7.38. The molecule has 27 heavy (non-hydrogen) atoms. The molecule has 6 nitrogen and oxygen atoms in total. The van der Waals surface area contributed by atoms with Crippen LogP contribution in [0, 0.1) is 0 Å². The highest BCUT2D eigenvalue weighted by atomic mass is 16.7. The monoisotopic (exact) mass is 369 g/mol. The van der Waals surface area contributed by atoms with Gasteiger partial charge < -0.3 is 19.3 Å². The summed E-state index contributed by atoms with van der Waals surface area (Å²) in [6.45, 7) is 3.95. The summed E-state index contributed by atoms with van der Waals surface area (Å²) in [7, 11) is 0. The fourth-order valence-electron chi connectivity index (χ4n) is 3.56. The van der Waals surface area contributed by atoms with Crippen LogP contribution in [0.1, 0.15) is 31.4 Å². The summed E-state index contributed by atoms with van der Waals surface area (Å²) in [6, 6.07) is 15.3. The Hall–Kier alpha value is -2.73. The maximum absolute atomic E-state index is 12.5. The number of ether oxygens (including phenoxy) is 3. The molecule has 142 valence electrons. The minimum atomic E-state index is -1.42. The Morgan fingerprint density at radius 3 is 2.56 bits per heavy atom. The van der Waals surface area contributed by atoms with E-state index in [-0.39, 0.29) is 6.79 Å². The van der Waals surface area contributed by atoms with Gasteiger partial charge in [0.05, 0.1) is 6.54 Å². The molecule has 4 rings (SSSR count). The van der Waals surface area contributed by atoms with E-state index in [9.17, 15) is 9.90 Å². The number of nitrogens with zero attached hydrogens (tertiary/aromatic N) is 1. The Morgan fingerprint density at radius 1 is 1.04 bits per heavy atom. The van der Waals surface area contributed by atoms with Crippen molar-refractivity contribution in [3.63, 3.8) is 0 Å². The molecule has 2 aliphatic heterocycles. The van der Waals surface area contributed by atoms with E-state index < -0.39 is 17.4 Å². The summed E-state index contributed by atoms with van der Waals surface area (Å²) in [5, 5.41) is 11.2. The quantitative estimate of drug-likeness (QED) is 0.874. The fourth-order valence-corrected chi connectivity index (χ4v) is 3.56. The highest BCUT2D eigenvalue weighted by Crippen LogP contribution is 2.42. The third-order valence-corrected chi connectivity index (χ3v) is 5.57. The van der Waals surface area contributed by atoms with Crippen LogP contribution in [0.25, 0.3) is 0 Å². The van der Waals surface area contributed by atoms with E-state index in [1.54, 1.807) is 13.8 Å². The van der Waals surface area contributed by atoms with Gasteiger partial charge in [0.25, 0.3) is 0 Å². The first-order valence-electron chi connectivity index (χ1n) is 9.04. The molecule has 2 heterocycles. The second-order valence-electron chi connectivity index (χ2n) is 7.38. The number of fused-ring (bicyclic) bond motifs is 1. The van der Waals surface area contributed by atoms with Crippen molar-refractivity contribution in [2.24, 2.45) is 0 Å². The maximum atomic E-state index is 12.5. The lowest BCUT2D eigenvalue weighted by Crippen LogP contribution is -2.54. The zero-order chi connectivity index (χ0) is 19.1. The van der Waals surface area contributed by atoms with E-state index in [1.165, 1.54) is 4.90 Å². The molecule has 2 aliphatic rings.